The van der Waals surface area contributed by atoms with E-state index in [2.05, 4.69) is 24.3 Å². The minimum absolute atomic E-state index is 0.228. The maximum absolute atomic E-state index is 11.2. The van der Waals surface area contributed by atoms with Gasteiger partial charge in [0.25, 0.3) is 0 Å². The number of ketones is 1. The molecular weight excluding hydrogens is 276 g/mol. The lowest BCUT2D eigenvalue weighted by Gasteiger charge is -2.08. The lowest BCUT2D eigenvalue weighted by molar-refractivity contribution is -0.146. The first-order valence-electron chi connectivity index (χ1n) is 8.38. The highest BCUT2D eigenvalue weighted by atomic mass is 16.4. The van der Waals surface area contributed by atoms with Crippen molar-refractivity contribution in [2.24, 2.45) is 5.92 Å². The van der Waals surface area contributed by atoms with Crippen molar-refractivity contribution in [3.05, 3.63) is 35.9 Å². The summed E-state index contributed by atoms with van der Waals surface area (Å²) in [5.41, 5.74) is 1.41. The van der Waals surface area contributed by atoms with E-state index in [1.165, 1.54) is 38.2 Å². The van der Waals surface area contributed by atoms with E-state index >= 15 is 0 Å². The average molecular weight is 304 g/mol. The van der Waals surface area contributed by atoms with E-state index in [4.69, 9.17) is 5.11 Å². The van der Waals surface area contributed by atoms with Crippen molar-refractivity contribution >= 4 is 11.8 Å². The molecule has 0 aromatic heterocycles. The highest BCUT2D eigenvalue weighted by Gasteiger charge is 2.21. The van der Waals surface area contributed by atoms with Gasteiger partial charge in [0.1, 0.15) is 11.7 Å². The molecule has 1 aromatic rings. The standard InChI is InChI=1S/C19H28O3/c1-16(20)18(19(21)22)15-11-6-4-2-3-5-8-12-17-13-9-7-10-14-17/h7,9-10,13-14,18H,2-6,8,11-12,15H2,1H3,(H,21,22). The summed E-state index contributed by atoms with van der Waals surface area (Å²) in [5, 5.41) is 8.92. The molecule has 1 N–H and O–H groups in total. The third-order valence-corrected chi connectivity index (χ3v) is 4.09. The summed E-state index contributed by atoms with van der Waals surface area (Å²) >= 11 is 0. The SMILES string of the molecule is CC(=O)C(CCCCCCCCCc1ccccc1)C(=O)O. The minimum atomic E-state index is -0.978. The Bertz CT molecular complexity index is 425. The van der Waals surface area contributed by atoms with E-state index in [1.54, 1.807) is 0 Å². The number of unbranched alkanes of at least 4 members (excludes halogenated alkanes) is 6. The largest absolute Gasteiger partial charge is 0.481 e. The predicted octanol–water partition coefficient (Wildman–Crippen LogP) is 4.64. The molecule has 0 saturated heterocycles. The van der Waals surface area contributed by atoms with Crippen LogP contribution in [-0.4, -0.2) is 16.9 Å². The number of carbonyl (C=O) groups excluding carboxylic acids is 1. The van der Waals surface area contributed by atoms with Crippen molar-refractivity contribution in [3.8, 4) is 0 Å². The number of hydrogen-bond donors (Lipinski definition) is 1. The third kappa shape index (κ3) is 7.96. The molecular formula is C19H28O3. The summed E-state index contributed by atoms with van der Waals surface area (Å²) in [6.07, 6.45) is 9.55. The number of Topliss-reactive ketones (excluding diaryl/α,β-unsaturated/α-hetero) is 1. The zero-order chi connectivity index (χ0) is 16.2. The van der Waals surface area contributed by atoms with Crippen LogP contribution in [0.4, 0.5) is 0 Å². The van der Waals surface area contributed by atoms with Gasteiger partial charge in [-0.2, -0.15) is 0 Å². The van der Waals surface area contributed by atoms with Gasteiger partial charge in [0.15, 0.2) is 0 Å². The van der Waals surface area contributed by atoms with Crippen LogP contribution >= 0.6 is 0 Å². The second-order valence-electron chi connectivity index (χ2n) is 6.00. The minimum Gasteiger partial charge on any atom is -0.481 e. The van der Waals surface area contributed by atoms with Gasteiger partial charge in [-0.15, -0.1) is 0 Å². The lowest BCUT2D eigenvalue weighted by atomic mass is 9.97. The Morgan fingerprint density at radius 1 is 0.909 bits per heavy atom. The molecule has 0 fully saturated rings. The molecule has 0 radical (unpaired) electrons. The van der Waals surface area contributed by atoms with E-state index in [0.29, 0.717) is 6.42 Å². The molecule has 1 unspecified atom stereocenters. The second kappa shape index (κ2) is 11.0. The van der Waals surface area contributed by atoms with Crippen LogP contribution in [-0.2, 0) is 16.0 Å². The average Bonchev–Trinajstić information content (AvgIpc) is 2.49. The van der Waals surface area contributed by atoms with E-state index < -0.39 is 11.9 Å². The van der Waals surface area contributed by atoms with Crippen LogP contribution in [0, 0.1) is 5.92 Å². The van der Waals surface area contributed by atoms with Crippen molar-refractivity contribution in [1.82, 2.24) is 0 Å². The van der Waals surface area contributed by atoms with E-state index in [-0.39, 0.29) is 5.78 Å². The smallest absolute Gasteiger partial charge is 0.314 e. The maximum atomic E-state index is 11.2. The topological polar surface area (TPSA) is 54.4 Å². The fraction of sp³-hybridized carbons (Fsp3) is 0.579. The Hall–Kier alpha value is -1.64. The quantitative estimate of drug-likeness (QED) is 0.452. The molecule has 0 spiro atoms. The van der Waals surface area contributed by atoms with Crippen molar-refractivity contribution in [2.75, 3.05) is 0 Å². The Labute approximate surface area is 133 Å². The predicted molar refractivity (Wildman–Crippen MR) is 88.9 cm³/mol. The zero-order valence-electron chi connectivity index (χ0n) is 13.6. The van der Waals surface area contributed by atoms with Crippen LogP contribution in [0.25, 0.3) is 0 Å². The van der Waals surface area contributed by atoms with Crippen LogP contribution in [0.15, 0.2) is 30.3 Å². The fourth-order valence-corrected chi connectivity index (χ4v) is 2.71. The summed E-state index contributed by atoms with van der Waals surface area (Å²) in [5.74, 6) is -2.01. The summed E-state index contributed by atoms with van der Waals surface area (Å²) in [6, 6.07) is 10.6. The van der Waals surface area contributed by atoms with Gasteiger partial charge in [0.2, 0.25) is 0 Å². The van der Waals surface area contributed by atoms with Gasteiger partial charge in [-0.1, -0.05) is 68.9 Å². The highest BCUT2D eigenvalue weighted by molar-refractivity contribution is 5.96. The molecule has 0 amide bonds. The monoisotopic (exact) mass is 304 g/mol. The van der Waals surface area contributed by atoms with Gasteiger partial charge in [0.05, 0.1) is 0 Å². The van der Waals surface area contributed by atoms with Crippen LogP contribution in [0.5, 0.6) is 0 Å². The number of rotatable bonds is 12. The van der Waals surface area contributed by atoms with Crippen molar-refractivity contribution in [1.29, 1.82) is 0 Å². The van der Waals surface area contributed by atoms with E-state index in [9.17, 15) is 9.59 Å². The number of aliphatic carboxylic acids is 1. The first kappa shape index (κ1) is 18.4. The van der Waals surface area contributed by atoms with Gasteiger partial charge in [-0.25, -0.2) is 0 Å². The van der Waals surface area contributed by atoms with Crippen LogP contribution in [0.3, 0.4) is 0 Å². The van der Waals surface area contributed by atoms with Crippen LogP contribution < -0.4 is 0 Å². The normalized spacial score (nSPS) is 12.0. The number of carboxylic acid groups (broad SMARTS) is 1. The second-order valence-corrected chi connectivity index (χ2v) is 6.00. The van der Waals surface area contributed by atoms with E-state index in [0.717, 1.165) is 25.7 Å². The molecule has 0 aliphatic carbocycles. The molecule has 0 aliphatic heterocycles. The Morgan fingerprint density at radius 2 is 1.45 bits per heavy atom. The summed E-state index contributed by atoms with van der Waals surface area (Å²) in [4.78, 5) is 22.0. The van der Waals surface area contributed by atoms with Gasteiger partial charge < -0.3 is 5.11 Å². The molecule has 0 heterocycles. The molecule has 3 heteroatoms. The Morgan fingerprint density at radius 3 is 2.00 bits per heavy atom. The van der Waals surface area contributed by atoms with Gasteiger partial charge in [0, 0.05) is 0 Å². The molecule has 22 heavy (non-hydrogen) atoms. The molecule has 0 saturated carbocycles. The number of carbonyl (C=O) groups is 2. The van der Waals surface area contributed by atoms with Gasteiger partial charge >= 0.3 is 5.97 Å². The maximum Gasteiger partial charge on any atom is 0.314 e. The summed E-state index contributed by atoms with van der Waals surface area (Å²) in [6.45, 7) is 1.37. The molecule has 1 rings (SSSR count). The number of hydrogen-bond acceptors (Lipinski definition) is 2. The molecule has 1 aromatic carbocycles. The first-order chi connectivity index (χ1) is 10.6. The number of carboxylic acids is 1. The Balaban J connectivity index is 1.95. The molecule has 1 atom stereocenters. The highest BCUT2D eigenvalue weighted by Crippen LogP contribution is 2.14. The number of benzene rings is 1. The molecule has 3 nitrogen and oxygen atoms in total. The first-order valence-corrected chi connectivity index (χ1v) is 8.38. The van der Waals surface area contributed by atoms with Crippen LogP contribution in [0.2, 0.25) is 0 Å². The summed E-state index contributed by atoms with van der Waals surface area (Å²) in [7, 11) is 0. The van der Waals surface area contributed by atoms with Crippen molar-refractivity contribution < 1.29 is 14.7 Å². The van der Waals surface area contributed by atoms with E-state index in [1.807, 2.05) is 6.07 Å². The molecule has 0 bridgehead atoms. The third-order valence-electron chi connectivity index (χ3n) is 4.09. The lowest BCUT2D eigenvalue weighted by Crippen LogP contribution is -2.21. The van der Waals surface area contributed by atoms with Gasteiger partial charge in [-0.05, 0) is 31.7 Å². The van der Waals surface area contributed by atoms with Crippen molar-refractivity contribution in [2.45, 2.75) is 64.7 Å². The van der Waals surface area contributed by atoms with Gasteiger partial charge in [-0.3, -0.25) is 9.59 Å². The fourth-order valence-electron chi connectivity index (χ4n) is 2.71. The van der Waals surface area contributed by atoms with Crippen molar-refractivity contribution in [3.63, 3.8) is 0 Å². The molecule has 0 aliphatic rings. The number of aryl methyl sites for hydroxylation is 1. The zero-order valence-corrected chi connectivity index (χ0v) is 13.6. The van der Waals surface area contributed by atoms with Crippen LogP contribution in [0.1, 0.15) is 63.9 Å². The summed E-state index contributed by atoms with van der Waals surface area (Å²) < 4.78 is 0. The Kier molecular flexibility index (Phi) is 9.20. The molecule has 122 valence electrons.